The van der Waals surface area contributed by atoms with E-state index in [1.165, 1.54) is 6.42 Å². The van der Waals surface area contributed by atoms with Crippen LogP contribution in [0.15, 0.2) is 24.3 Å². The van der Waals surface area contributed by atoms with Gasteiger partial charge in [-0.15, -0.1) is 0 Å². The normalized spacial score (nSPS) is 10.1. The van der Waals surface area contributed by atoms with Gasteiger partial charge in [-0.3, -0.25) is 0 Å². The van der Waals surface area contributed by atoms with Gasteiger partial charge in [-0.05, 0) is 37.1 Å². The van der Waals surface area contributed by atoms with Gasteiger partial charge in [0.05, 0.1) is 13.7 Å². The Morgan fingerprint density at radius 1 is 0.944 bits per heavy atom. The number of carbonyl (C=O) groups excluding carboxylic acids is 1. The number of rotatable bonds is 10. The van der Waals surface area contributed by atoms with E-state index in [4.69, 9.17) is 9.47 Å². The molecule has 1 aromatic carbocycles. The van der Waals surface area contributed by atoms with Gasteiger partial charge in [-0.25, -0.2) is 0 Å². The number of carbonyl (C=O) groups is 1. The van der Waals surface area contributed by atoms with E-state index in [1.807, 2.05) is 24.3 Å². The first-order valence-electron chi connectivity index (χ1n) is 6.57. The first kappa shape index (κ1) is 14.6. The van der Waals surface area contributed by atoms with Gasteiger partial charge in [-0.2, -0.15) is 0 Å². The smallest absolute Gasteiger partial charge is 0.119 e. The molecule has 0 unspecified atom stereocenters. The SMILES string of the molecule is COc1ccc(OCCCCCCCC=O)cc1. The maximum Gasteiger partial charge on any atom is 0.119 e. The van der Waals surface area contributed by atoms with E-state index in [9.17, 15) is 4.79 Å². The summed E-state index contributed by atoms with van der Waals surface area (Å²) in [5.41, 5.74) is 0. The van der Waals surface area contributed by atoms with Crippen molar-refractivity contribution in [3.63, 3.8) is 0 Å². The van der Waals surface area contributed by atoms with Crippen molar-refractivity contribution in [3.05, 3.63) is 24.3 Å². The lowest BCUT2D eigenvalue weighted by Gasteiger charge is -2.06. The van der Waals surface area contributed by atoms with Crippen LogP contribution in [0.4, 0.5) is 0 Å². The molecule has 18 heavy (non-hydrogen) atoms. The Bertz CT molecular complexity index is 319. The van der Waals surface area contributed by atoms with Crippen LogP contribution in [0.3, 0.4) is 0 Å². The zero-order valence-corrected chi connectivity index (χ0v) is 11.1. The van der Waals surface area contributed by atoms with Crippen molar-refractivity contribution in [2.45, 2.75) is 38.5 Å². The molecule has 0 saturated heterocycles. The van der Waals surface area contributed by atoms with E-state index >= 15 is 0 Å². The number of methoxy groups -OCH3 is 1. The molecule has 0 aliphatic carbocycles. The third-order valence-corrected chi connectivity index (χ3v) is 2.79. The highest BCUT2D eigenvalue weighted by atomic mass is 16.5. The van der Waals surface area contributed by atoms with Gasteiger partial charge in [0.1, 0.15) is 17.8 Å². The fourth-order valence-corrected chi connectivity index (χ4v) is 1.72. The van der Waals surface area contributed by atoms with Gasteiger partial charge in [0, 0.05) is 6.42 Å². The number of ether oxygens (including phenoxy) is 2. The second kappa shape index (κ2) is 9.51. The third-order valence-electron chi connectivity index (χ3n) is 2.79. The summed E-state index contributed by atoms with van der Waals surface area (Å²) >= 11 is 0. The van der Waals surface area contributed by atoms with Crippen LogP contribution in [0.25, 0.3) is 0 Å². The number of hydrogen-bond acceptors (Lipinski definition) is 3. The number of benzene rings is 1. The van der Waals surface area contributed by atoms with Crippen LogP contribution in [-0.2, 0) is 4.79 Å². The summed E-state index contributed by atoms with van der Waals surface area (Å²) in [6, 6.07) is 7.63. The Labute approximate surface area is 109 Å². The summed E-state index contributed by atoms with van der Waals surface area (Å²) in [5.74, 6) is 1.73. The minimum atomic E-state index is 0.697. The van der Waals surface area contributed by atoms with E-state index in [0.29, 0.717) is 6.42 Å². The number of hydrogen-bond donors (Lipinski definition) is 0. The predicted molar refractivity (Wildman–Crippen MR) is 72.3 cm³/mol. The lowest BCUT2D eigenvalue weighted by Crippen LogP contribution is -1.97. The minimum Gasteiger partial charge on any atom is -0.497 e. The van der Waals surface area contributed by atoms with Crippen LogP contribution in [0.2, 0.25) is 0 Å². The fraction of sp³-hybridized carbons (Fsp3) is 0.533. The van der Waals surface area contributed by atoms with E-state index in [2.05, 4.69) is 0 Å². The number of aldehydes is 1. The standard InChI is InChI=1S/C15H22O3/c1-17-14-8-10-15(11-9-14)18-13-7-5-3-2-4-6-12-16/h8-12H,2-7,13H2,1H3. The second-order valence-corrected chi connectivity index (χ2v) is 4.25. The Balaban J connectivity index is 2.01. The topological polar surface area (TPSA) is 35.5 Å². The van der Waals surface area contributed by atoms with Gasteiger partial charge in [0.25, 0.3) is 0 Å². The van der Waals surface area contributed by atoms with E-state index in [-0.39, 0.29) is 0 Å². The molecule has 0 heterocycles. The van der Waals surface area contributed by atoms with Crippen molar-refractivity contribution >= 4 is 6.29 Å². The first-order valence-corrected chi connectivity index (χ1v) is 6.57. The molecule has 0 saturated carbocycles. The van der Waals surface area contributed by atoms with Crippen molar-refractivity contribution in [1.82, 2.24) is 0 Å². The zero-order valence-electron chi connectivity index (χ0n) is 11.1. The van der Waals surface area contributed by atoms with Gasteiger partial charge < -0.3 is 14.3 Å². The molecular weight excluding hydrogens is 228 g/mol. The molecule has 0 spiro atoms. The van der Waals surface area contributed by atoms with Crippen molar-refractivity contribution in [2.24, 2.45) is 0 Å². The molecule has 0 amide bonds. The molecule has 3 heteroatoms. The monoisotopic (exact) mass is 250 g/mol. The van der Waals surface area contributed by atoms with Gasteiger partial charge in [0.2, 0.25) is 0 Å². The molecule has 0 aliphatic heterocycles. The molecule has 0 atom stereocenters. The average Bonchev–Trinajstić information content (AvgIpc) is 2.42. The maximum absolute atomic E-state index is 10.1. The van der Waals surface area contributed by atoms with Gasteiger partial charge in [0.15, 0.2) is 0 Å². The summed E-state index contributed by atoms with van der Waals surface area (Å²) in [5, 5.41) is 0. The van der Waals surface area contributed by atoms with Crippen LogP contribution in [0, 0.1) is 0 Å². The minimum absolute atomic E-state index is 0.697. The van der Waals surface area contributed by atoms with Gasteiger partial charge in [-0.1, -0.05) is 19.3 Å². The van der Waals surface area contributed by atoms with Crippen LogP contribution < -0.4 is 9.47 Å². The lowest BCUT2D eigenvalue weighted by molar-refractivity contribution is -0.107. The van der Waals surface area contributed by atoms with E-state index in [0.717, 1.165) is 50.1 Å². The molecule has 0 aromatic heterocycles. The molecule has 1 rings (SSSR count). The van der Waals surface area contributed by atoms with Crippen molar-refractivity contribution in [2.75, 3.05) is 13.7 Å². The average molecular weight is 250 g/mol. The second-order valence-electron chi connectivity index (χ2n) is 4.25. The summed E-state index contributed by atoms with van der Waals surface area (Å²) in [6.45, 7) is 0.750. The summed E-state index contributed by atoms with van der Waals surface area (Å²) in [4.78, 5) is 10.1. The van der Waals surface area contributed by atoms with Crippen molar-refractivity contribution < 1.29 is 14.3 Å². The van der Waals surface area contributed by atoms with Crippen molar-refractivity contribution in [3.8, 4) is 11.5 Å². The lowest BCUT2D eigenvalue weighted by atomic mass is 10.1. The zero-order chi connectivity index (χ0) is 13.1. The third kappa shape index (κ3) is 6.28. The Morgan fingerprint density at radius 3 is 2.22 bits per heavy atom. The maximum atomic E-state index is 10.1. The van der Waals surface area contributed by atoms with Crippen LogP contribution in [0.5, 0.6) is 11.5 Å². The molecular formula is C15H22O3. The van der Waals surface area contributed by atoms with E-state index < -0.39 is 0 Å². The summed E-state index contributed by atoms with van der Waals surface area (Å²) in [6.07, 6.45) is 7.25. The molecule has 1 aromatic rings. The highest BCUT2D eigenvalue weighted by Crippen LogP contribution is 2.17. The van der Waals surface area contributed by atoms with Crippen molar-refractivity contribution in [1.29, 1.82) is 0 Å². The molecule has 0 fully saturated rings. The molecule has 100 valence electrons. The summed E-state index contributed by atoms with van der Waals surface area (Å²) < 4.78 is 10.7. The summed E-state index contributed by atoms with van der Waals surface area (Å²) in [7, 11) is 1.65. The number of unbranched alkanes of at least 4 members (excludes halogenated alkanes) is 5. The highest BCUT2D eigenvalue weighted by Gasteiger charge is 1.95. The van der Waals surface area contributed by atoms with Gasteiger partial charge >= 0.3 is 0 Å². The fourth-order valence-electron chi connectivity index (χ4n) is 1.72. The first-order chi connectivity index (χ1) is 8.86. The molecule has 3 nitrogen and oxygen atoms in total. The Kier molecular flexibility index (Phi) is 7.69. The molecule has 0 aliphatic rings. The quantitative estimate of drug-likeness (QED) is 0.470. The predicted octanol–water partition coefficient (Wildman–Crippen LogP) is 3.61. The Hall–Kier alpha value is -1.51. The van der Waals surface area contributed by atoms with Crippen LogP contribution in [-0.4, -0.2) is 20.0 Å². The highest BCUT2D eigenvalue weighted by molar-refractivity contribution is 5.48. The van der Waals surface area contributed by atoms with E-state index in [1.54, 1.807) is 7.11 Å². The van der Waals surface area contributed by atoms with Crippen LogP contribution >= 0.6 is 0 Å². The molecule has 0 radical (unpaired) electrons. The Morgan fingerprint density at radius 2 is 1.56 bits per heavy atom. The van der Waals surface area contributed by atoms with Crippen LogP contribution in [0.1, 0.15) is 38.5 Å². The largest absolute Gasteiger partial charge is 0.497 e. The molecule has 0 bridgehead atoms. The molecule has 0 N–H and O–H groups in total.